The number of amides is 2. The lowest BCUT2D eigenvalue weighted by Gasteiger charge is -2.22. The van der Waals surface area contributed by atoms with E-state index in [1.54, 1.807) is 6.07 Å². The Morgan fingerprint density at radius 1 is 1.07 bits per heavy atom. The predicted molar refractivity (Wildman–Crippen MR) is 102 cm³/mol. The van der Waals surface area contributed by atoms with Gasteiger partial charge >= 0.3 is 0 Å². The summed E-state index contributed by atoms with van der Waals surface area (Å²) in [6, 6.07) is 13.1. The van der Waals surface area contributed by atoms with E-state index in [4.69, 9.17) is 22.1 Å². The molecule has 2 aromatic rings. The molecule has 0 fully saturated rings. The number of carbonyl (C=O) groups excluding carboxylic acids is 2. The molecule has 0 spiro atoms. The Labute approximate surface area is 166 Å². The van der Waals surface area contributed by atoms with E-state index in [2.05, 4.69) is 16.2 Å². The molecule has 9 heteroatoms. The second-order valence-electron chi connectivity index (χ2n) is 5.80. The van der Waals surface area contributed by atoms with Crippen molar-refractivity contribution in [3.8, 4) is 12.1 Å². The van der Waals surface area contributed by atoms with E-state index in [0.717, 1.165) is 0 Å². The summed E-state index contributed by atoms with van der Waals surface area (Å²) in [5.74, 6) is -1.26. The number of nitriles is 2. The SMILES string of the molecule is C[C@H](O)[C@@H](Nc1ccc(C#N)c(Cl)c1)C(=O)NNC(=O)c1ccc(C#N)cc1. The summed E-state index contributed by atoms with van der Waals surface area (Å²) >= 11 is 5.96. The smallest absolute Gasteiger partial charge is 0.269 e. The molecule has 0 saturated carbocycles. The van der Waals surface area contributed by atoms with Gasteiger partial charge in [0.25, 0.3) is 11.8 Å². The summed E-state index contributed by atoms with van der Waals surface area (Å²) in [4.78, 5) is 24.4. The average Bonchev–Trinajstić information content (AvgIpc) is 2.69. The van der Waals surface area contributed by atoms with Crippen LogP contribution in [0.4, 0.5) is 5.69 Å². The molecule has 0 saturated heterocycles. The maximum Gasteiger partial charge on any atom is 0.269 e. The van der Waals surface area contributed by atoms with Crippen LogP contribution in [-0.2, 0) is 4.79 Å². The number of carbonyl (C=O) groups is 2. The highest BCUT2D eigenvalue weighted by Crippen LogP contribution is 2.21. The number of hydrazine groups is 1. The first kappa shape index (κ1) is 20.7. The van der Waals surface area contributed by atoms with Crippen LogP contribution >= 0.6 is 11.6 Å². The van der Waals surface area contributed by atoms with Gasteiger partial charge in [0.2, 0.25) is 0 Å². The molecule has 0 aromatic heterocycles. The lowest BCUT2D eigenvalue weighted by molar-refractivity contribution is -0.124. The van der Waals surface area contributed by atoms with Crippen LogP contribution in [0.3, 0.4) is 0 Å². The van der Waals surface area contributed by atoms with Crippen molar-refractivity contribution in [1.82, 2.24) is 10.9 Å². The summed E-state index contributed by atoms with van der Waals surface area (Å²) in [5, 5.41) is 30.6. The molecule has 0 unspecified atom stereocenters. The molecule has 0 radical (unpaired) electrons. The first-order valence-corrected chi connectivity index (χ1v) is 8.48. The average molecular weight is 398 g/mol. The van der Waals surface area contributed by atoms with Crippen molar-refractivity contribution in [2.75, 3.05) is 5.32 Å². The van der Waals surface area contributed by atoms with Crippen LogP contribution in [-0.4, -0.2) is 29.1 Å². The fourth-order valence-corrected chi connectivity index (χ4v) is 2.47. The minimum absolute atomic E-state index is 0.200. The van der Waals surface area contributed by atoms with Gasteiger partial charge in [0.1, 0.15) is 12.1 Å². The van der Waals surface area contributed by atoms with Gasteiger partial charge in [0, 0.05) is 11.3 Å². The molecule has 28 heavy (non-hydrogen) atoms. The standard InChI is InChI=1S/C19H16ClN5O3/c1-11(26)17(23-15-7-6-14(10-22)16(20)8-15)19(28)25-24-18(27)13-4-2-12(9-21)3-5-13/h2-8,11,17,23,26H,1H3,(H,24,27)(H,25,28)/t11-,17+/m0/s1. The van der Waals surface area contributed by atoms with Gasteiger partial charge in [-0.2, -0.15) is 10.5 Å². The van der Waals surface area contributed by atoms with E-state index in [1.165, 1.54) is 43.3 Å². The Kier molecular flexibility index (Phi) is 6.94. The van der Waals surface area contributed by atoms with Gasteiger partial charge in [0.15, 0.2) is 0 Å². The second-order valence-corrected chi connectivity index (χ2v) is 6.21. The number of anilines is 1. The van der Waals surface area contributed by atoms with E-state index in [1.807, 2.05) is 12.1 Å². The van der Waals surface area contributed by atoms with Crippen LogP contribution in [0.5, 0.6) is 0 Å². The van der Waals surface area contributed by atoms with Crippen LogP contribution in [0.2, 0.25) is 5.02 Å². The van der Waals surface area contributed by atoms with Gasteiger partial charge in [-0.05, 0) is 49.4 Å². The molecule has 4 N–H and O–H groups in total. The fourth-order valence-electron chi connectivity index (χ4n) is 2.24. The lowest BCUT2D eigenvalue weighted by Crippen LogP contribution is -2.52. The van der Waals surface area contributed by atoms with Crippen LogP contribution < -0.4 is 16.2 Å². The van der Waals surface area contributed by atoms with E-state index in [0.29, 0.717) is 11.3 Å². The number of benzene rings is 2. The van der Waals surface area contributed by atoms with Crippen molar-refractivity contribution in [3.05, 3.63) is 64.2 Å². The third-order valence-corrected chi connectivity index (χ3v) is 4.06. The number of nitrogens with zero attached hydrogens (tertiary/aromatic N) is 2. The zero-order valence-electron chi connectivity index (χ0n) is 14.7. The number of nitrogens with one attached hydrogen (secondary N) is 3. The van der Waals surface area contributed by atoms with E-state index >= 15 is 0 Å². The van der Waals surface area contributed by atoms with Crippen LogP contribution in [0, 0.1) is 22.7 Å². The number of aliphatic hydroxyl groups is 1. The van der Waals surface area contributed by atoms with Crippen molar-refractivity contribution in [1.29, 1.82) is 10.5 Å². The molecular formula is C19H16ClN5O3. The quantitative estimate of drug-likeness (QED) is 0.566. The molecule has 0 aliphatic rings. The third-order valence-electron chi connectivity index (χ3n) is 3.75. The minimum Gasteiger partial charge on any atom is -0.391 e. The van der Waals surface area contributed by atoms with Crippen molar-refractivity contribution in [2.24, 2.45) is 0 Å². The minimum atomic E-state index is -1.10. The molecule has 0 aliphatic heterocycles. The molecule has 2 atom stereocenters. The highest BCUT2D eigenvalue weighted by molar-refractivity contribution is 6.32. The topological polar surface area (TPSA) is 138 Å². The van der Waals surface area contributed by atoms with Gasteiger partial charge in [-0.15, -0.1) is 0 Å². The molecular weight excluding hydrogens is 382 g/mol. The first-order chi connectivity index (χ1) is 13.3. The normalized spacial score (nSPS) is 12.0. The van der Waals surface area contributed by atoms with E-state index in [-0.39, 0.29) is 16.1 Å². The van der Waals surface area contributed by atoms with Crippen molar-refractivity contribution < 1.29 is 14.7 Å². The zero-order valence-corrected chi connectivity index (χ0v) is 15.5. The summed E-state index contributed by atoms with van der Waals surface area (Å²) in [7, 11) is 0. The maximum absolute atomic E-state index is 12.4. The summed E-state index contributed by atoms with van der Waals surface area (Å²) < 4.78 is 0. The van der Waals surface area contributed by atoms with Gasteiger partial charge in [-0.3, -0.25) is 20.4 Å². The number of hydrogen-bond donors (Lipinski definition) is 4. The number of rotatable bonds is 5. The van der Waals surface area contributed by atoms with Gasteiger partial charge in [-0.25, -0.2) is 0 Å². The number of hydrogen-bond acceptors (Lipinski definition) is 6. The molecule has 0 heterocycles. The summed E-state index contributed by atoms with van der Waals surface area (Å²) in [6.07, 6.45) is -1.10. The maximum atomic E-state index is 12.4. The van der Waals surface area contributed by atoms with Gasteiger partial charge in [-0.1, -0.05) is 11.6 Å². The van der Waals surface area contributed by atoms with Crippen molar-refractivity contribution in [3.63, 3.8) is 0 Å². The van der Waals surface area contributed by atoms with Crippen LogP contribution in [0.15, 0.2) is 42.5 Å². The predicted octanol–water partition coefficient (Wildman–Crippen LogP) is 1.71. The Morgan fingerprint density at radius 3 is 2.29 bits per heavy atom. The van der Waals surface area contributed by atoms with Crippen LogP contribution in [0.1, 0.15) is 28.4 Å². The number of halogens is 1. The fraction of sp³-hybridized carbons (Fsp3) is 0.158. The molecule has 2 rings (SSSR count). The van der Waals surface area contributed by atoms with Gasteiger partial charge < -0.3 is 10.4 Å². The molecule has 0 aliphatic carbocycles. The zero-order chi connectivity index (χ0) is 20.7. The Morgan fingerprint density at radius 2 is 1.75 bits per heavy atom. The van der Waals surface area contributed by atoms with Gasteiger partial charge in [0.05, 0.1) is 28.3 Å². The second kappa shape index (κ2) is 9.38. The molecule has 0 bridgehead atoms. The highest BCUT2D eigenvalue weighted by Gasteiger charge is 2.24. The molecule has 8 nitrogen and oxygen atoms in total. The van der Waals surface area contributed by atoms with E-state index in [9.17, 15) is 14.7 Å². The summed E-state index contributed by atoms with van der Waals surface area (Å²) in [6.45, 7) is 1.41. The van der Waals surface area contributed by atoms with Crippen LogP contribution in [0.25, 0.3) is 0 Å². The monoisotopic (exact) mass is 397 g/mol. The summed E-state index contributed by atoms with van der Waals surface area (Å²) in [5.41, 5.74) is 5.83. The Balaban J connectivity index is 2.02. The largest absolute Gasteiger partial charge is 0.391 e. The molecule has 142 valence electrons. The first-order valence-electron chi connectivity index (χ1n) is 8.10. The highest BCUT2D eigenvalue weighted by atomic mass is 35.5. The van der Waals surface area contributed by atoms with E-state index < -0.39 is 24.0 Å². The Bertz CT molecular complexity index is 961. The number of aliphatic hydroxyl groups excluding tert-OH is 1. The third kappa shape index (κ3) is 5.21. The lowest BCUT2D eigenvalue weighted by atomic mass is 10.1. The van der Waals surface area contributed by atoms with Crippen molar-refractivity contribution >= 4 is 29.1 Å². The molecule has 2 amide bonds. The van der Waals surface area contributed by atoms with Crippen molar-refractivity contribution in [2.45, 2.75) is 19.1 Å². The molecule has 2 aromatic carbocycles. The Hall–Kier alpha value is -3.59.